The van der Waals surface area contributed by atoms with Crippen molar-refractivity contribution in [1.82, 2.24) is 9.80 Å². The first-order chi connectivity index (χ1) is 13.9. The fourth-order valence-electron chi connectivity index (χ4n) is 3.09. The van der Waals surface area contributed by atoms with Gasteiger partial charge >= 0.3 is 11.9 Å². The van der Waals surface area contributed by atoms with Crippen molar-refractivity contribution in [3.05, 3.63) is 69.7 Å². The molecule has 0 amide bonds. The number of piperazine rings is 1. The Labute approximate surface area is 179 Å². The Morgan fingerprint density at radius 3 is 1.45 bits per heavy atom. The topological polar surface area (TPSA) is 81.1 Å². The van der Waals surface area contributed by atoms with Gasteiger partial charge in [0.1, 0.15) is 0 Å². The molecule has 0 saturated carbocycles. The molecule has 1 aliphatic rings. The molecule has 1 heterocycles. The number of rotatable bonds is 5. The molecule has 0 aliphatic carbocycles. The largest absolute Gasteiger partial charge is 0.473 e. The molecule has 0 spiro atoms. The average Bonchev–Trinajstić information content (AvgIpc) is 2.72. The van der Waals surface area contributed by atoms with Crippen LogP contribution in [0.3, 0.4) is 0 Å². The van der Waals surface area contributed by atoms with E-state index in [0.29, 0.717) is 0 Å². The van der Waals surface area contributed by atoms with Crippen LogP contribution in [0.15, 0.2) is 53.0 Å². The van der Waals surface area contributed by atoms with E-state index >= 15 is 0 Å². The van der Waals surface area contributed by atoms with E-state index in [0.717, 1.165) is 50.2 Å². The van der Waals surface area contributed by atoms with Gasteiger partial charge in [0.25, 0.3) is 0 Å². The second-order valence-electron chi connectivity index (χ2n) is 6.96. The maximum atomic E-state index is 9.10. The van der Waals surface area contributed by atoms with E-state index in [2.05, 4.69) is 81.2 Å². The molecule has 156 valence electrons. The van der Waals surface area contributed by atoms with Gasteiger partial charge in [-0.1, -0.05) is 59.3 Å². The van der Waals surface area contributed by atoms with Crippen LogP contribution in [0.25, 0.3) is 0 Å². The number of hydrogen-bond acceptors (Lipinski definition) is 4. The quantitative estimate of drug-likeness (QED) is 0.661. The number of aryl methyl sites for hydroxylation is 1. The summed E-state index contributed by atoms with van der Waals surface area (Å²) < 4.78 is 1.15. The van der Waals surface area contributed by atoms with Crippen molar-refractivity contribution in [2.75, 3.05) is 26.2 Å². The van der Waals surface area contributed by atoms with Crippen molar-refractivity contribution in [3.63, 3.8) is 0 Å². The summed E-state index contributed by atoms with van der Waals surface area (Å²) in [7, 11) is 0. The van der Waals surface area contributed by atoms with Crippen LogP contribution in [-0.2, 0) is 29.1 Å². The highest BCUT2D eigenvalue weighted by molar-refractivity contribution is 9.10. The average molecular weight is 463 g/mol. The Balaban J connectivity index is 0.000000438. The van der Waals surface area contributed by atoms with Crippen LogP contribution in [0.1, 0.15) is 23.6 Å². The van der Waals surface area contributed by atoms with Gasteiger partial charge in [0.05, 0.1) is 0 Å². The van der Waals surface area contributed by atoms with E-state index < -0.39 is 11.9 Å². The van der Waals surface area contributed by atoms with Gasteiger partial charge in [0.2, 0.25) is 0 Å². The molecule has 2 aromatic rings. The maximum absolute atomic E-state index is 9.10. The van der Waals surface area contributed by atoms with E-state index in [-0.39, 0.29) is 0 Å². The summed E-state index contributed by atoms with van der Waals surface area (Å²) >= 11 is 3.50. The van der Waals surface area contributed by atoms with E-state index in [1.165, 1.54) is 16.7 Å². The van der Waals surface area contributed by atoms with Crippen molar-refractivity contribution >= 4 is 27.9 Å². The lowest BCUT2D eigenvalue weighted by atomic mass is 10.1. The molecular weight excluding hydrogens is 436 g/mol. The highest BCUT2D eigenvalue weighted by Crippen LogP contribution is 2.15. The van der Waals surface area contributed by atoms with Crippen LogP contribution in [0.5, 0.6) is 0 Å². The minimum atomic E-state index is -1.82. The predicted molar refractivity (Wildman–Crippen MR) is 116 cm³/mol. The molecule has 0 unspecified atom stereocenters. The molecule has 6 nitrogen and oxygen atoms in total. The summed E-state index contributed by atoms with van der Waals surface area (Å²) in [4.78, 5) is 23.3. The standard InChI is InChI=1S/C20H25BrN2.C2H2O4/c1-2-17-3-5-18(6-4-17)15-22-11-13-23(14-12-22)16-19-7-9-20(21)10-8-19;3-1(4)2(5)6/h3-10H,2,11-16H2,1H3;(H,3,4)(H,5,6). The van der Waals surface area contributed by atoms with Crippen LogP contribution in [0.2, 0.25) is 0 Å². The Hall–Kier alpha value is -2.22. The summed E-state index contributed by atoms with van der Waals surface area (Å²) in [5, 5.41) is 14.8. The second kappa shape index (κ2) is 11.7. The number of hydrogen-bond donors (Lipinski definition) is 2. The van der Waals surface area contributed by atoms with Crippen LogP contribution >= 0.6 is 15.9 Å². The van der Waals surface area contributed by atoms with Gasteiger partial charge in [0.15, 0.2) is 0 Å². The van der Waals surface area contributed by atoms with Crippen molar-refractivity contribution in [2.24, 2.45) is 0 Å². The van der Waals surface area contributed by atoms with E-state index in [9.17, 15) is 0 Å². The van der Waals surface area contributed by atoms with Crippen molar-refractivity contribution in [2.45, 2.75) is 26.4 Å². The zero-order valence-electron chi connectivity index (χ0n) is 16.6. The first-order valence-corrected chi connectivity index (χ1v) is 10.4. The number of halogens is 1. The molecule has 1 saturated heterocycles. The molecule has 2 N–H and O–H groups in total. The maximum Gasteiger partial charge on any atom is 0.414 e. The SMILES string of the molecule is CCc1ccc(CN2CCN(Cc3ccc(Br)cc3)CC2)cc1.O=C(O)C(=O)O. The Kier molecular flexibility index (Phi) is 9.31. The monoisotopic (exact) mass is 462 g/mol. The first kappa shape index (κ1) is 23.1. The molecular formula is C22H27BrN2O4. The third kappa shape index (κ3) is 8.35. The molecule has 0 bridgehead atoms. The molecule has 1 aliphatic heterocycles. The Morgan fingerprint density at radius 1 is 0.759 bits per heavy atom. The third-order valence-electron chi connectivity index (χ3n) is 4.80. The molecule has 0 aromatic heterocycles. The number of nitrogens with zero attached hydrogens (tertiary/aromatic N) is 2. The number of benzene rings is 2. The fourth-order valence-corrected chi connectivity index (χ4v) is 3.36. The molecule has 0 atom stereocenters. The molecule has 29 heavy (non-hydrogen) atoms. The number of carbonyl (C=O) groups is 2. The number of carboxylic acids is 2. The van der Waals surface area contributed by atoms with Gasteiger partial charge in [-0.15, -0.1) is 0 Å². The van der Waals surface area contributed by atoms with Crippen LogP contribution in [0, 0.1) is 0 Å². The summed E-state index contributed by atoms with van der Waals surface area (Å²) in [6.07, 6.45) is 1.12. The Morgan fingerprint density at radius 2 is 1.10 bits per heavy atom. The lowest BCUT2D eigenvalue weighted by Gasteiger charge is -2.34. The molecule has 1 fully saturated rings. The summed E-state index contributed by atoms with van der Waals surface area (Å²) in [5.41, 5.74) is 4.26. The van der Waals surface area contributed by atoms with Gasteiger partial charge in [-0.3, -0.25) is 9.80 Å². The second-order valence-corrected chi connectivity index (χ2v) is 7.87. The minimum absolute atomic E-state index is 1.06. The van der Waals surface area contributed by atoms with Crippen LogP contribution < -0.4 is 0 Å². The smallest absolute Gasteiger partial charge is 0.414 e. The van der Waals surface area contributed by atoms with Gasteiger partial charge in [-0.2, -0.15) is 0 Å². The molecule has 3 rings (SSSR count). The fraction of sp³-hybridized carbons (Fsp3) is 0.364. The molecule has 2 aromatic carbocycles. The van der Waals surface area contributed by atoms with Gasteiger partial charge in [-0.25, -0.2) is 9.59 Å². The summed E-state index contributed by atoms with van der Waals surface area (Å²) in [6.45, 7) is 8.98. The highest BCUT2D eigenvalue weighted by Gasteiger charge is 2.17. The van der Waals surface area contributed by atoms with Crippen LogP contribution in [0.4, 0.5) is 0 Å². The van der Waals surface area contributed by atoms with Crippen LogP contribution in [-0.4, -0.2) is 58.1 Å². The first-order valence-electron chi connectivity index (χ1n) is 9.60. The summed E-state index contributed by atoms with van der Waals surface area (Å²) in [5.74, 6) is -3.65. The lowest BCUT2D eigenvalue weighted by Crippen LogP contribution is -2.45. The lowest BCUT2D eigenvalue weighted by molar-refractivity contribution is -0.159. The highest BCUT2D eigenvalue weighted by atomic mass is 79.9. The van der Waals surface area contributed by atoms with Crippen molar-refractivity contribution < 1.29 is 19.8 Å². The minimum Gasteiger partial charge on any atom is -0.473 e. The number of aliphatic carboxylic acids is 2. The molecule has 0 radical (unpaired) electrons. The van der Waals surface area contributed by atoms with Crippen molar-refractivity contribution in [1.29, 1.82) is 0 Å². The van der Waals surface area contributed by atoms with E-state index in [1.54, 1.807) is 0 Å². The summed E-state index contributed by atoms with van der Waals surface area (Å²) in [6, 6.07) is 17.8. The van der Waals surface area contributed by atoms with Gasteiger partial charge < -0.3 is 10.2 Å². The normalized spacial score (nSPS) is 14.7. The van der Waals surface area contributed by atoms with E-state index in [4.69, 9.17) is 19.8 Å². The number of carboxylic acid groups (broad SMARTS) is 2. The van der Waals surface area contributed by atoms with Gasteiger partial charge in [-0.05, 0) is 35.2 Å². The predicted octanol–water partition coefficient (Wildman–Crippen LogP) is 3.48. The zero-order chi connectivity index (χ0) is 21.2. The van der Waals surface area contributed by atoms with Gasteiger partial charge in [0, 0.05) is 43.7 Å². The Bertz CT molecular complexity index is 773. The third-order valence-corrected chi connectivity index (χ3v) is 5.33. The molecule has 7 heteroatoms. The van der Waals surface area contributed by atoms with E-state index in [1.807, 2.05) is 0 Å². The zero-order valence-corrected chi connectivity index (χ0v) is 18.1. The van der Waals surface area contributed by atoms with Crippen molar-refractivity contribution in [3.8, 4) is 0 Å².